The maximum Gasteiger partial charge on any atom is 0.230 e. The molecule has 1 aromatic carbocycles. The summed E-state index contributed by atoms with van der Waals surface area (Å²) in [4.78, 5) is 12.2. The number of amides is 1. The first kappa shape index (κ1) is 12.6. The van der Waals surface area contributed by atoms with Gasteiger partial charge in [-0.3, -0.25) is 4.79 Å². The quantitative estimate of drug-likeness (QED) is 0.482. The Kier molecular flexibility index (Phi) is 5.44. The number of terminal acetylenes is 1. The minimum Gasteiger partial charge on any atom is -0.354 e. The molecule has 1 rings (SSSR count). The van der Waals surface area contributed by atoms with Gasteiger partial charge in [-0.05, 0) is 24.3 Å². The van der Waals surface area contributed by atoms with E-state index in [1.54, 1.807) is 12.1 Å². The fourth-order valence-electron chi connectivity index (χ4n) is 1.00. The van der Waals surface area contributed by atoms with Gasteiger partial charge in [0, 0.05) is 17.9 Å². The zero-order valence-corrected chi connectivity index (χ0v) is 9.52. The Hall–Kier alpha value is -1.47. The van der Waals surface area contributed by atoms with Gasteiger partial charge in [0.1, 0.15) is 5.82 Å². The number of carbonyl (C=O) groups is 1. The second-order valence-electron chi connectivity index (χ2n) is 3.05. The van der Waals surface area contributed by atoms with Crippen LogP contribution in [0, 0.1) is 18.2 Å². The van der Waals surface area contributed by atoms with Crippen LogP contribution in [0.2, 0.25) is 0 Å². The lowest BCUT2D eigenvalue weighted by Crippen LogP contribution is -2.25. The molecule has 0 bridgehead atoms. The van der Waals surface area contributed by atoms with E-state index < -0.39 is 0 Å². The molecule has 1 N–H and O–H groups in total. The van der Waals surface area contributed by atoms with Crippen molar-refractivity contribution in [2.45, 2.75) is 11.3 Å². The topological polar surface area (TPSA) is 29.1 Å². The predicted octanol–water partition coefficient (Wildman–Crippen LogP) is 2.06. The van der Waals surface area contributed by atoms with E-state index in [2.05, 4.69) is 11.2 Å². The molecule has 0 aromatic heterocycles. The molecule has 0 saturated heterocycles. The number of carbonyl (C=O) groups excluding carboxylic acids is 1. The fourth-order valence-corrected chi connectivity index (χ4v) is 1.73. The minimum absolute atomic E-state index is 0.0652. The Morgan fingerprint density at radius 1 is 1.44 bits per heavy atom. The van der Waals surface area contributed by atoms with Crippen LogP contribution in [0.4, 0.5) is 4.39 Å². The molecule has 0 atom stereocenters. The van der Waals surface area contributed by atoms with Crippen LogP contribution >= 0.6 is 11.8 Å². The molecule has 84 valence electrons. The first-order valence-electron chi connectivity index (χ1n) is 4.81. The third kappa shape index (κ3) is 4.85. The first-order valence-corrected chi connectivity index (χ1v) is 5.79. The third-order valence-electron chi connectivity index (χ3n) is 1.78. The van der Waals surface area contributed by atoms with Crippen molar-refractivity contribution in [2.24, 2.45) is 0 Å². The van der Waals surface area contributed by atoms with Gasteiger partial charge in [-0.1, -0.05) is 0 Å². The maximum atomic E-state index is 12.6. The smallest absolute Gasteiger partial charge is 0.230 e. The summed E-state index contributed by atoms with van der Waals surface area (Å²) in [6.07, 6.45) is 5.59. The third-order valence-corrected chi connectivity index (χ3v) is 2.79. The van der Waals surface area contributed by atoms with E-state index in [-0.39, 0.29) is 11.7 Å². The van der Waals surface area contributed by atoms with Crippen molar-refractivity contribution in [3.63, 3.8) is 0 Å². The van der Waals surface area contributed by atoms with Crippen LogP contribution in [-0.4, -0.2) is 18.2 Å². The Labute approximate surface area is 98.6 Å². The van der Waals surface area contributed by atoms with Gasteiger partial charge >= 0.3 is 0 Å². The monoisotopic (exact) mass is 237 g/mol. The van der Waals surface area contributed by atoms with Gasteiger partial charge < -0.3 is 5.32 Å². The van der Waals surface area contributed by atoms with Crippen LogP contribution in [0.1, 0.15) is 6.42 Å². The van der Waals surface area contributed by atoms with Crippen LogP contribution in [0.5, 0.6) is 0 Å². The van der Waals surface area contributed by atoms with Gasteiger partial charge in [-0.15, -0.1) is 24.1 Å². The average Bonchev–Trinajstić information content (AvgIpc) is 2.29. The van der Waals surface area contributed by atoms with Crippen LogP contribution in [0.3, 0.4) is 0 Å². The van der Waals surface area contributed by atoms with Gasteiger partial charge in [-0.25, -0.2) is 4.39 Å². The Balaban J connectivity index is 2.26. The summed E-state index contributed by atoms with van der Waals surface area (Å²) in [7, 11) is 0. The summed E-state index contributed by atoms with van der Waals surface area (Å²) in [6, 6.07) is 6.04. The summed E-state index contributed by atoms with van der Waals surface area (Å²) in [5, 5.41) is 2.69. The molecule has 1 aromatic rings. The molecule has 0 saturated carbocycles. The van der Waals surface area contributed by atoms with E-state index in [1.807, 2.05) is 0 Å². The zero-order valence-electron chi connectivity index (χ0n) is 8.70. The number of halogens is 1. The lowest BCUT2D eigenvalue weighted by molar-refractivity contribution is -0.118. The van der Waals surface area contributed by atoms with Gasteiger partial charge in [0.15, 0.2) is 0 Å². The number of hydrogen-bond acceptors (Lipinski definition) is 2. The lowest BCUT2D eigenvalue weighted by Gasteiger charge is -2.03. The average molecular weight is 237 g/mol. The van der Waals surface area contributed by atoms with Crippen molar-refractivity contribution in [1.82, 2.24) is 5.32 Å². The molecule has 16 heavy (non-hydrogen) atoms. The summed E-state index contributed by atoms with van der Waals surface area (Å²) < 4.78 is 12.6. The van der Waals surface area contributed by atoms with Crippen LogP contribution in [-0.2, 0) is 4.79 Å². The van der Waals surface area contributed by atoms with Gasteiger partial charge in [0.2, 0.25) is 5.91 Å². The predicted molar refractivity (Wildman–Crippen MR) is 63.6 cm³/mol. The number of nitrogens with one attached hydrogen (secondary N) is 1. The standard InChI is InChI=1S/C12H12FNOS/c1-2-3-8-14-12(15)9-16-11-6-4-10(13)5-7-11/h1,4-7H,3,8-9H2,(H,14,15). The summed E-state index contributed by atoms with van der Waals surface area (Å²) in [5.41, 5.74) is 0. The van der Waals surface area contributed by atoms with E-state index in [0.29, 0.717) is 18.7 Å². The van der Waals surface area contributed by atoms with Gasteiger partial charge in [0.25, 0.3) is 0 Å². The highest BCUT2D eigenvalue weighted by Gasteiger charge is 2.01. The van der Waals surface area contributed by atoms with Crippen LogP contribution < -0.4 is 5.32 Å². The van der Waals surface area contributed by atoms with Crippen molar-refractivity contribution in [3.05, 3.63) is 30.1 Å². The Morgan fingerprint density at radius 3 is 2.75 bits per heavy atom. The number of rotatable bonds is 5. The second kappa shape index (κ2) is 6.91. The highest BCUT2D eigenvalue weighted by atomic mass is 32.2. The number of hydrogen-bond donors (Lipinski definition) is 1. The van der Waals surface area contributed by atoms with Crippen molar-refractivity contribution in [3.8, 4) is 12.3 Å². The molecule has 0 aliphatic rings. The fraction of sp³-hybridized carbons (Fsp3) is 0.250. The van der Waals surface area contributed by atoms with E-state index in [4.69, 9.17) is 6.42 Å². The largest absolute Gasteiger partial charge is 0.354 e. The number of thioether (sulfide) groups is 1. The molecule has 0 radical (unpaired) electrons. The normalized spacial score (nSPS) is 9.50. The molecule has 0 spiro atoms. The molecule has 4 heteroatoms. The van der Waals surface area contributed by atoms with Crippen molar-refractivity contribution in [2.75, 3.05) is 12.3 Å². The van der Waals surface area contributed by atoms with Crippen molar-refractivity contribution in [1.29, 1.82) is 0 Å². The highest BCUT2D eigenvalue weighted by Crippen LogP contribution is 2.17. The Morgan fingerprint density at radius 2 is 2.12 bits per heavy atom. The van der Waals surface area contributed by atoms with E-state index in [9.17, 15) is 9.18 Å². The van der Waals surface area contributed by atoms with Crippen molar-refractivity contribution < 1.29 is 9.18 Å². The molecular weight excluding hydrogens is 225 g/mol. The minimum atomic E-state index is -0.275. The molecule has 0 unspecified atom stereocenters. The Bertz CT molecular complexity index is 383. The molecular formula is C12H12FNOS. The first-order chi connectivity index (χ1) is 7.72. The maximum absolute atomic E-state index is 12.6. The van der Waals surface area contributed by atoms with Crippen LogP contribution in [0.25, 0.3) is 0 Å². The van der Waals surface area contributed by atoms with Gasteiger partial charge in [-0.2, -0.15) is 0 Å². The second-order valence-corrected chi connectivity index (χ2v) is 4.10. The molecule has 0 aliphatic carbocycles. The zero-order chi connectivity index (χ0) is 11.8. The van der Waals surface area contributed by atoms with Crippen molar-refractivity contribution >= 4 is 17.7 Å². The number of benzene rings is 1. The molecule has 0 aliphatic heterocycles. The lowest BCUT2D eigenvalue weighted by atomic mass is 10.4. The SMILES string of the molecule is C#CCCNC(=O)CSc1ccc(F)cc1. The molecule has 0 fully saturated rings. The van der Waals surface area contributed by atoms with E-state index in [0.717, 1.165) is 4.90 Å². The highest BCUT2D eigenvalue weighted by molar-refractivity contribution is 8.00. The summed E-state index contributed by atoms with van der Waals surface area (Å²) in [6.45, 7) is 0.499. The van der Waals surface area contributed by atoms with Gasteiger partial charge in [0.05, 0.1) is 5.75 Å². The molecule has 1 amide bonds. The van der Waals surface area contributed by atoms with E-state index >= 15 is 0 Å². The summed E-state index contributed by atoms with van der Waals surface area (Å²) >= 11 is 1.36. The van der Waals surface area contributed by atoms with Crippen LogP contribution in [0.15, 0.2) is 29.2 Å². The summed E-state index contributed by atoms with van der Waals surface area (Å²) in [5.74, 6) is 2.42. The molecule has 2 nitrogen and oxygen atoms in total. The molecule has 0 heterocycles. The van der Waals surface area contributed by atoms with E-state index in [1.165, 1.54) is 23.9 Å².